The Morgan fingerprint density at radius 1 is 1.64 bits per heavy atom. The molecule has 0 unspecified atom stereocenters. The summed E-state index contributed by atoms with van der Waals surface area (Å²) < 4.78 is 0. The van der Waals surface area contributed by atoms with Crippen LogP contribution in [0.5, 0.6) is 0 Å². The third-order valence-electron chi connectivity index (χ3n) is 1.85. The van der Waals surface area contributed by atoms with Gasteiger partial charge in [-0.2, -0.15) is 0 Å². The fourth-order valence-electron chi connectivity index (χ4n) is 1.07. The van der Waals surface area contributed by atoms with E-state index in [9.17, 15) is 0 Å². The van der Waals surface area contributed by atoms with E-state index in [0.717, 1.165) is 19.5 Å². The molecule has 0 aromatic heterocycles. The summed E-state index contributed by atoms with van der Waals surface area (Å²) in [6, 6.07) is 0. The smallest absolute Gasteiger partial charge is 0.0356 e. The number of hydrogen-bond donors (Lipinski definition) is 1. The van der Waals surface area contributed by atoms with Crippen LogP contribution in [0.1, 0.15) is 6.42 Å². The number of rotatable bonds is 3. The highest BCUT2D eigenvalue weighted by molar-refractivity contribution is 5.22. The van der Waals surface area contributed by atoms with Crippen LogP contribution in [-0.2, 0) is 0 Å². The number of likely N-dealkylation sites (N-methyl/N-ethyl adjacent to an activating group) is 1. The molecule has 0 atom stereocenters. The lowest BCUT2D eigenvalue weighted by Crippen LogP contribution is -2.15. The molecule has 0 aromatic carbocycles. The van der Waals surface area contributed by atoms with Gasteiger partial charge in [0.1, 0.15) is 0 Å². The van der Waals surface area contributed by atoms with Crippen LogP contribution >= 0.6 is 0 Å². The highest BCUT2D eigenvalue weighted by Crippen LogP contribution is 2.07. The van der Waals surface area contributed by atoms with Gasteiger partial charge in [0, 0.05) is 13.6 Å². The molecule has 0 saturated carbocycles. The van der Waals surface area contributed by atoms with E-state index >= 15 is 0 Å². The maximum atomic E-state index is 3.14. The predicted octanol–water partition coefficient (Wildman–Crippen LogP) is 0.981. The summed E-state index contributed by atoms with van der Waals surface area (Å²) in [6.45, 7) is 2.12. The van der Waals surface area contributed by atoms with E-state index in [-0.39, 0.29) is 0 Å². The normalized spacial score (nSPS) is 16.9. The van der Waals surface area contributed by atoms with Crippen molar-refractivity contribution in [3.05, 3.63) is 23.9 Å². The highest BCUT2D eigenvalue weighted by Gasteiger charge is 1.98. The Kier molecular flexibility index (Phi) is 3.17. The first kappa shape index (κ1) is 8.34. The Bertz CT molecular complexity index is 170. The minimum absolute atomic E-state index is 1.05. The Morgan fingerprint density at radius 3 is 3.00 bits per heavy atom. The van der Waals surface area contributed by atoms with Crippen LogP contribution < -0.4 is 5.32 Å². The van der Waals surface area contributed by atoms with Crippen LogP contribution in [0.3, 0.4) is 0 Å². The van der Waals surface area contributed by atoms with Crippen molar-refractivity contribution in [1.29, 1.82) is 0 Å². The predicted molar refractivity (Wildman–Crippen MR) is 48.4 cm³/mol. The summed E-state index contributed by atoms with van der Waals surface area (Å²) in [5, 5.41) is 3.14. The van der Waals surface area contributed by atoms with Gasteiger partial charge in [0.2, 0.25) is 0 Å². The van der Waals surface area contributed by atoms with Gasteiger partial charge in [0.15, 0.2) is 0 Å². The molecular weight excluding hydrogens is 136 g/mol. The van der Waals surface area contributed by atoms with E-state index in [1.54, 1.807) is 0 Å². The third-order valence-corrected chi connectivity index (χ3v) is 1.85. The third kappa shape index (κ3) is 2.76. The zero-order chi connectivity index (χ0) is 8.10. The average molecular weight is 152 g/mol. The van der Waals surface area contributed by atoms with Crippen molar-refractivity contribution >= 4 is 0 Å². The summed E-state index contributed by atoms with van der Waals surface area (Å²) in [6.07, 6.45) is 7.73. The van der Waals surface area contributed by atoms with E-state index in [1.165, 1.54) is 5.57 Å². The molecule has 1 aliphatic heterocycles. The number of allylic oxidation sites excluding steroid dienone is 1. The molecule has 0 radical (unpaired) electrons. The van der Waals surface area contributed by atoms with Crippen molar-refractivity contribution in [2.75, 3.05) is 27.2 Å². The molecule has 2 heteroatoms. The van der Waals surface area contributed by atoms with E-state index in [4.69, 9.17) is 0 Å². The first-order valence-corrected chi connectivity index (χ1v) is 4.05. The number of nitrogens with one attached hydrogen (secondary N) is 1. The molecule has 11 heavy (non-hydrogen) atoms. The topological polar surface area (TPSA) is 15.3 Å². The fourth-order valence-corrected chi connectivity index (χ4v) is 1.07. The molecular formula is C9H16N2. The van der Waals surface area contributed by atoms with Gasteiger partial charge in [0.25, 0.3) is 0 Å². The molecule has 0 saturated heterocycles. The van der Waals surface area contributed by atoms with Crippen molar-refractivity contribution < 1.29 is 0 Å². The Balaban J connectivity index is 2.31. The van der Waals surface area contributed by atoms with Crippen LogP contribution in [0.4, 0.5) is 0 Å². The van der Waals surface area contributed by atoms with Crippen molar-refractivity contribution in [1.82, 2.24) is 10.2 Å². The molecule has 0 spiro atoms. The molecule has 0 amide bonds. The van der Waals surface area contributed by atoms with Crippen molar-refractivity contribution in [3.63, 3.8) is 0 Å². The van der Waals surface area contributed by atoms with Gasteiger partial charge in [-0.1, -0.05) is 6.08 Å². The molecule has 1 rings (SSSR count). The maximum Gasteiger partial charge on any atom is 0.0356 e. The van der Waals surface area contributed by atoms with E-state index in [2.05, 4.69) is 35.6 Å². The molecule has 0 aromatic rings. The van der Waals surface area contributed by atoms with Crippen LogP contribution in [0, 0.1) is 0 Å². The first-order valence-electron chi connectivity index (χ1n) is 4.05. The van der Waals surface area contributed by atoms with Crippen LogP contribution in [0.2, 0.25) is 0 Å². The second-order valence-corrected chi connectivity index (χ2v) is 2.89. The highest BCUT2D eigenvalue weighted by atomic mass is 15.1. The zero-order valence-corrected chi connectivity index (χ0v) is 7.30. The van der Waals surface area contributed by atoms with E-state index in [0.29, 0.717) is 0 Å². The first-order chi connectivity index (χ1) is 5.33. The second-order valence-electron chi connectivity index (χ2n) is 2.89. The standard InChI is InChI=1S/C9H16N2/c1-10-6-3-9-4-7-11(2)8-5-9/h4-5,7,10H,3,6,8H2,1-2H3. The summed E-state index contributed by atoms with van der Waals surface area (Å²) in [5.74, 6) is 0. The minimum Gasteiger partial charge on any atom is -0.377 e. The Hall–Kier alpha value is -0.760. The lowest BCUT2D eigenvalue weighted by atomic mass is 10.1. The van der Waals surface area contributed by atoms with E-state index < -0.39 is 0 Å². The monoisotopic (exact) mass is 152 g/mol. The molecule has 1 aliphatic rings. The quantitative estimate of drug-likeness (QED) is 0.648. The number of hydrogen-bond acceptors (Lipinski definition) is 2. The van der Waals surface area contributed by atoms with Gasteiger partial charge in [-0.15, -0.1) is 0 Å². The molecule has 0 bridgehead atoms. The van der Waals surface area contributed by atoms with Crippen molar-refractivity contribution in [2.24, 2.45) is 0 Å². The van der Waals surface area contributed by atoms with E-state index in [1.807, 2.05) is 7.05 Å². The lowest BCUT2D eigenvalue weighted by molar-refractivity contribution is 0.500. The maximum absolute atomic E-state index is 3.14. The average Bonchev–Trinajstić information content (AvgIpc) is 2.04. The Morgan fingerprint density at radius 2 is 2.45 bits per heavy atom. The molecule has 2 nitrogen and oxygen atoms in total. The van der Waals surface area contributed by atoms with Gasteiger partial charge in [0.05, 0.1) is 0 Å². The molecule has 0 aliphatic carbocycles. The fraction of sp³-hybridized carbons (Fsp3) is 0.556. The molecule has 1 N–H and O–H groups in total. The molecule has 1 heterocycles. The molecule has 0 fully saturated rings. The van der Waals surface area contributed by atoms with Gasteiger partial charge in [-0.3, -0.25) is 0 Å². The largest absolute Gasteiger partial charge is 0.377 e. The summed E-state index contributed by atoms with van der Waals surface area (Å²) in [4.78, 5) is 2.17. The summed E-state index contributed by atoms with van der Waals surface area (Å²) >= 11 is 0. The molecule has 62 valence electrons. The SMILES string of the molecule is CNCCC1=CCN(C)C=C1. The minimum atomic E-state index is 1.05. The van der Waals surface area contributed by atoms with Gasteiger partial charge in [-0.05, 0) is 37.9 Å². The number of nitrogens with zero attached hydrogens (tertiary/aromatic N) is 1. The lowest BCUT2D eigenvalue weighted by Gasteiger charge is -2.16. The van der Waals surface area contributed by atoms with Crippen LogP contribution in [-0.4, -0.2) is 32.1 Å². The van der Waals surface area contributed by atoms with Gasteiger partial charge in [-0.25, -0.2) is 0 Å². The summed E-state index contributed by atoms with van der Waals surface area (Å²) in [5.41, 5.74) is 1.44. The van der Waals surface area contributed by atoms with Gasteiger partial charge < -0.3 is 10.2 Å². The second kappa shape index (κ2) is 4.19. The Labute approximate surface area is 68.6 Å². The van der Waals surface area contributed by atoms with Crippen LogP contribution in [0.15, 0.2) is 23.9 Å². The zero-order valence-electron chi connectivity index (χ0n) is 7.30. The van der Waals surface area contributed by atoms with Crippen molar-refractivity contribution in [3.8, 4) is 0 Å². The summed E-state index contributed by atoms with van der Waals surface area (Å²) in [7, 11) is 4.07. The van der Waals surface area contributed by atoms with Crippen LogP contribution in [0.25, 0.3) is 0 Å². The van der Waals surface area contributed by atoms with Crippen molar-refractivity contribution in [2.45, 2.75) is 6.42 Å². The van der Waals surface area contributed by atoms with Gasteiger partial charge >= 0.3 is 0 Å².